The van der Waals surface area contributed by atoms with Gasteiger partial charge in [0.25, 0.3) is 0 Å². The second kappa shape index (κ2) is 6.35. The van der Waals surface area contributed by atoms with Crippen LogP contribution in [0.25, 0.3) is 11.3 Å². The van der Waals surface area contributed by atoms with Crippen molar-refractivity contribution in [3.63, 3.8) is 0 Å². The molecule has 0 atom stereocenters. The third kappa shape index (κ3) is 3.49. The van der Waals surface area contributed by atoms with Crippen LogP contribution in [0.4, 0.5) is 4.39 Å². The van der Waals surface area contributed by atoms with Crippen LogP contribution in [0.3, 0.4) is 0 Å². The first kappa shape index (κ1) is 15.4. The van der Waals surface area contributed by atoms with Gasteiger partial charge in [0.15, 0.2) is 0 Å². The van der Waals surface area contributed by atoms with Gasteiger partial charge in [-0.3, -0.25) is 4.68 Å². The molecule has 0 spiro atoms. The Hall–Kier alpha value is -2.45. The highest BCUT2D eigenvalue weighted by Crippen LogP contribution is 2.18. The lowest BCUT2D eigenvalue weighted by molar-refractivity contribution is 0.545. The van der Waals surface area contributed by atoms with E-state index in [0.717, 1.165) is 11.6 Å². The Labute approximate surface area is 132 Å². The van der Waals surface area contributed by atoms with Crippen molar-refractivity contribution in [2.24, 2.45) is 0 Å². The number of aromatic nitrogens is 2. The van der Waals surface area contributed by atoms with Crippen LogP contribution in [0.1, 0.15) is 0 Å². The number of halogens is 1. The molecule has 8 heteroatoms. The smallest absolute Gasteiger partial charge is 0.243 e. The molecule has 0 unspecified atom stereocenters. The molecule has 1 aromatic carbocycles. The molecule has 0 aliphatic rings. The predicted octanol–water partition coefficient (Wildman–Crippen LogP) is 2.26. The Morgan fingerprint density at radius 3 is 2.78 bits per heavy atom. The van der Waals surface area contributed by atoms with Gasteiger partial charge in [0.1, 0.15) is 16.5 Å². The van der Waals surface area contributed by atoms with Crippen molar-refractivity contribution >= 4 is 10.0 Å². The highest BCUT2D eigenvalue weighted by Gasteiger charge is 2.17. The van der Waals surface area contributed by atoms with Gasteiger partial charge < -0.3 is 4.42 Å². The van der Waals surface area contributed by atoms with E-state index in [4.69, 9.17) is 4.42 Å². The second-order valence-electron chi connectivity index (χ2n) is 4.80. The number of sulfonamides is 1. The van der Waals surface area contributed by atoms with Crippen molar-refractivity contribution in [3.05, 3.63) is 60.9 Å². The lowest BCUT2D eigenvalue weighted by Gasteiger charge is -2.07. The quantitative estimate of drug-likeness (QED) is 0.749. The van der Waals surface area contributed by atoms with E-state index in [1.807, 2.05) is 6.07 Å². The minimum absolute atomic E-state index is 0.0932. The van der Waals surface area contributed by atoms with E-state index in [-0.39, 0.29) is 11.4 Å². The molecule has 0 aliphatic heterocycles. The van der Waals surface area contributed by atoms with Crippen LogP contribution in [-0.2, 0) is 16.6 Å². The maximum Gasteiger partial charge on any atom is 0.243 e. The van der Waals surface area contributed by atoms with Gasteiger partial charge in [0.2, 0.25) is 10.0 Å². The standard InChI is InChI=1S/C15H14FN3O3S/c16-13-4-1-2-6-15(13)23(20,21)18-7-8-19-11-12(10-17-19)14-5-3-9-22-14/h1-6,9-11,18H,7-8H2. The fourth-order valence-electron chi connectivity index (χ4n) is 2.09. The largest absolute Gasteiger partial charge is 0.464 e. The van der Waals surface area contributed by atoms with E-state index >= 15 is 0 Å². The van der Waals surface area contributed by atoms with Crippen molar-refractivity contribution in [1.82, 2.24) is 14.5 Å². The third-order valence-corrected chi connectivity index (χ3v) is 4.69. The molecule has 120 valence electrons. The average molecular weight is 335 g/mol. The molecule has 0 fully saturated rings. The first-order valence-electron chi connectivity index (χ1n) is 6.87. The van der Waals surface area contributed by atoms with Crippen molar-refractivity contribution in [3.8, 4) is 11.3 Å². The SMILES string of the molecule is O=S(=O)(NCCn1cc(-c2ccco2)cn1)c1ccccc1F. The number of nitrogens with one attached hydrogen (secondary N) is 1. The normalized spacial score (nSPS) is 11.7. The highest BCUT2D eigenvalue weighted by molar-refractivity contribution is 7.89. The van der Waals surface area contributed by atoms with Gasteiger partial charge >= 0.3 is 0 Å². The molecule has 0 amide bonds. The van der Waals surface area contributed by atoms with Crippen molar-refractivity contribution in [1.29, 1.82) is 0 Å². The maximum absolute atomic E-state index is 13.5. The molecule has 0 radical (unpaired) electrons. The van der Waals surface area contributed by atoms with Crippen LogP contribution in [-0.4, -0.2) is 24.7 Å². The zero-order chi connectivity index (χ0) is 16.3. The predicted molar refractivity (Wildman–Crippen MR) is 81.5 cm³/mol. The molecule has 0 saturated carbocycles. The Balaban J connectivity index is 1.62. The molecule has 3 aromatic rings. The molecular weight excluding hydrogens is 321 g/mol. The first-order chi connectivity index (χ1) is 11.1. The Kier molecular flexibility index (Phi) is 4.26. The number of rotatable bonds is 6. The molecule has 2 aromatic heterocycles. The van der Waals surface area contributed by atoms with Crippen molar-refractivity contribution in [2.75, 3.05) is 6.54 Å². The van der Waals surface area contributed by atoms with Gasteiger partial charge in [-0.15, -0.1) is 0 Å². The Morgan fingerprint density at radius 2 is 2.04 bits per heavy atom. The molecule has 2 heterocycles. The van der Waals surface area contributed by atoms with Crippen LogP contribution >= 0.6 is 0 Å². The second-order valence-corrected chi connectivity index (χ2v) is 6.53. The Morgan fingerprint density at radius 1 is 1.22 bits per heavy atom. The molecule has 6 nitrogen and oxygen atoms in total. The molecule has 0 bridgehead atoms. The number of benzene rings is 1. The monoisotopic (exact) mass is 335 g/mol. The molecule has 0 saturated heterocycles. The van der Waals surface area contributed by atoms with E-state index in [1.54, 1.807) is 29.4 Å². The van der Waals surface area contributed by atoms with Crippen molar-refractivity contribution < 1.29 is 17.2 Å². The molecule has 1 N–H and O–H groups in total. The van der Waals surface area contributed by atoms with Gasteiger partial charge in [0, 0.05) is 12.7 Å². The molecular formula is C15H14FN3O3S. The average Bonchev–Trinajstić information content (AvgIpc) is 3.18. The number of hydrogen-bond donors (Lipinski definition) is 1. The van der Waals surface area contributed by atoms with E-state index < -0.39 is 15.8 Å². The van der Waals surface area contributed by atoms with E-state index in [2.05, 4.69) is 9.82 Å². The summed E-state index contributed by atoms with van der Waals surface area (Å²) in [7, 11) is -3.88. The highest BCUT2D eigenvalue weighted by atomic mass is 32.2. The molecule has 0 aliphatic carbocycles. The summed E-state index contributed by atoms with van der Waals surface area (Å²) < 4.78 is 46.8. The first-order valence-corrected chi connectivity index (χ1v) is 8.35. The van der Waals surface area contributed by atoms with E-state index in [0.29, 0.717) is 12.3 Å². The lowest BCUT2D eigenvalue weighted by Crippen LogP contribution is -2.28. The van der Waals surface area contributed by atoms with Gasteiger partial charge in [0.05, 0.1) is 24.6 Å². The third-order valence-electron chi connectivity index (χ3n) is 3.20. The summed E-state index contributed by atoms with van der Waals surface area (Å²) in [5, 5.41) is 4.13. The summed E-state index contributed by atoms with van der Waals surface area (Å²) in [6.45, 7) is 0.407. The Bertz CT molecular complexity index is 888. The fourth-order valence-corrected chi connectivity index (χ4v) is 3.19. The summed E-state index contributed by atoms with van der Waals surface area (Å²) in [5.41, 5.74) is 0.798. The van der Waals surface area contributed by atoms with Gasteiger partial charge in [-0.05, 0) is 24.3 Å². The molecule has 3 rings (SSSR count). The van der Waals surface area contributed by atoms with Crippen LogP contribution in [0.2, 0.25) is 0 Å². The van der Waals surface area contributed by atoms with Crippen LogP contribution < -0.4 is 4.72 Å². The van der Waals surface area contributed by atoms with Crippen LogP contribution in [0.5, 0.6) is 0 Å². The molecule has 23 heavy (non-hydrogen) atoms. The number of nitrogens with zero attached hydrogens (tertiary/aromatic N) is 2. The summed E-state index contributed by atoms with van der Waals surface area (Å²) in [6, 6.07) is 8.82. The summed E-state index contributed by atoms with van der Waals surface area (Å²) in [5.74, 6) is -0.0950. The van der Waals surface area contributed by atoms with Crippen molar-refractivity contribution in [2.45, 2.75) is 11.4 Å². The number of furan rings is 1. The van der Waals surface area contributed by atoms with Gasteiger partial charge in [-0.1, -0.05) is 12.1 Å². The van der Waals surface area contributed by atoms with Gasteiger partial charge in [-0.2, -0.15) is 5.10 Å². The number of hydrogen-bond acceptors (Lipinski definition) is 4. The summed E-state index contributed by atoms with van der Waals surface area (Å²) in [6.07, 6.45) is 4.94. The van der Waals surface area contributed by atoms with Crippen LogP contribution in [0, 0.1) is 5.82 Å². The van der Waals surface area contributed by atoms with Gasteiger partial charge in [-0.25, -0.2) is 17.5 Å². The zero-order valence-corrected chi connectivity index (χ0v) is 12.8. The lowest BCUT2D eigenvalue weighted by atomic mass is 10.3. The minimum Gasteiger partial charge on any atom is -0.464 e. The summed E-state index contributed by atoms with van der Waals surface area (Å²) >= 11 is 0. The fraction of sp³-hybridized carbons (Fsp3) is 0.133. The van der Waals surface area contributed by atoms with E-state index in [1.165, 1.54) is 18.2 Å². The minimum atomic E-state index is -3.88. The maximum atomic E-state index is 13.5. The van der Waals surface area contributed by atoms with Crippen LogP contribution in [0.15, 0.2) is 64.4 Å². The van der Waals surface area contributed by atoms with E-state index in [9.17, 15) is 12.8 Å². The zero-order valence-electron chi connectivity index (χ0n) is 12.0. The summed E-state index contributed by atoms with van der Waals surface area (Å²) in [4.78, 5) is -0.364. The topological polar surface area (TPSA) is 77.1 Å².